The van der Waals surface area contributed by atoms with E-state index >= 15 is 0 Å². The van der Waals surface area contributed by atoms with Gasteiger partial charge in [-0.25, -0.2) is 5.06 Å². The van der Waals surface area contributed by atoms with Gasteiger partial charge in [0.15, 0.2) is 0 Å². The summed E-state index contributed by atoms with van der Waals surface area (Å²) in [7, 11) is 4.73. The van der Waals surface area contributed by atoms with Crippen molar-refractivity contribution in [2.45, 2.75) is 0 Å². The van der Waals surface area contributed by atoms with Crippen LogP contribution in [0.5, 0.6) is 0 Å². The van der Waals surface area contributed by atoms with E-state index in [1.807, 2.05) is 0 Å². The largest absolute Gasteiger partial charge is 0.296 e. The van der Waals surface area contributed by atoms with Crippen LogP contribution in [0, 0.1) is 3.57 Å². The quantitative estimate of drug-likeness (QED) is 0.595. The number of carbonyl (C=O) groups excluding carboxylic acids is 1. The third kappa shape index (κ3) is 1.99. The maximum Gasteiger partial charge on any atom is 0.296 e. The molecular formula is C7H10IN3O2. The molecule has 5 nitrogen and oxygen atoms in total. The van der Waals surface area contributed by atoms with E-state index in [9.17, 15) is 4.79 Å². The van der Waals surface area contributed by atoms with Crippen molar-refractivity contribution in [1.82, 2.24) is 14.8 Å². The van der Waals surface area contributed by atoms with E-state index in [2.05, 4.69) is 27.7 Å². The highest BCUT2D eigenvalue weighted by atomic mass is 127. The van der Waals surface area contributed by atoms with Crippen molar-refractivity contribution < 1.29 is 9.63 Å². The lowest BCUT2D eigenvalue weighted by Crippen LogP contribution is -2.28. The lowest BCUT2D eigenvalue weighted by Gasteiger charge is -2.13. The topological polar surface area (TPSA) is 47.4 Å². The summed E-state index contributed by atoms with van der Waals surface area (Å²) >= 11 is 2.06. The first kappa shape index (κ1) is 10.5. The minimum absolute atomic E-state index is 0.202. The highest BCUT2D eigenvalue weighted by molar-refractivity contribution is 14.1. The third-order valence-corrected chi connectivity index (χ3v) is 2.45. The highest BCUT2D eigenvalue weighted by Gasteiger charge is 2.18. The van der Waals surface area contributed by atoms with Crippen molar-refractivity contribution in [3.8, 4) is 0 Å². The first-order valence-electron chi connectivity index (χ1n) is 3.57. The Bertz CT molecular complexity index is 304. The van der Waals surface area contributed by atoms with Crippen LogP contribution < -0.4 is 0 Å². The molecule has 13 heavy (non-hydrogen) atoms. The molecule has 0 bridgehead atoms. The molecule has 1 heterocycles. The summed E-state index contributed by atoms with van der Waals surface area (Å²) in [5.74, 6) is -0.202. The van der Waals surface area contributed by atoms with E-state index in [1.165, 1.54) is 16.9 Å². The number of aromatic nitrogens is 2. The second-order valence-electron chi connectivity index (χ2n) is 2.45. The first-order chi connectivity index (χ1) is 6.07. The van der Waals surface area contributed by atoms with Crippen molar-refractivity contribution in [2.24, 2.45) is 7.05 Å². The second kappa shape index (κ2) is 4.05. The van der Waals surface area contributed by atoms with Crippen LogP contribution in [-0.2, 0) is 11.9 Å². The molecule has 72 valence electrons. The van der Waals surface area contributed by atoms with Gasteiger partial charge in [-0.2, -0.15) is 5.10 Å². The highest BCUT2D eigenvalue weighted by Crippen LogP contribution is 2.12. The average Bonchev–Trinajstić information content (AvgIpc) is 2.44. The number of halogens is 1. The van der Waals surface area contributed by atoms with E-state index < -0.39 is 0 Å². The Morgan fingerprint density at radius 2 is 2.38 bits per heavy atom. The molecule has 0 saturated heterocycles. The van der Waals surface area contributed by atoms with Gasteiger partial charge in [0.25, 0.3) is 5.91 Å². The van der Waals surface area contributed by atoms with E-state index in [4.69, 9.17) is 4.84 Å². The molecule has 1 aromatic heterocycles. The van der Waals surface area contributed by atoms with Crippen LogP contribution in [0.2, 0.25) is 0 Å². The molecule has 6 heteroatoms. The van der Waals surface area contributed by atoms with Crippen molar-refractivity contribution in [2.75, 3.05) is 14.2 Å². The van der Waals surface area contributed by atoms with Gasteiger partial charge in [-0.05, 0) is 22.6 Å². The van der Waals surface area contributed by atoms with Crippen LogP contribution in [0.15, 0.2) is 6.20 Å². The Morgan fingerprint density at radius 1 is 1.77 bits per heavy atom. The minimum Gasteiger partial charge on any atom is -0.274 e. The molecule has 0 unspecified atom stereocenters. The molecule has 1 aromatic rings. The molecule has 0 aromatic carbocycles. The molecule has 0 aliphatic carbocycles. The third-order valence-electron chi connectivity index (χ3n) is 1.66. The van der Waals surface area contributed by atoms with E-state index in [0.29, 0.717) is 5.69 Å². The maximum absolute atomic E-state index is 11.6. The van der Waals surface area contributed by atoms with Crippen molar-refractivity contribution in [3.63, 3.8) is 0 Å². The van der Waals surface area contributed by atoms with Gasteiger partial charge < -0.3 is 0 Å². The number of aryl methyl sites for hydroxylation is 1. The molecule has 0 N–H and O–H groups in total. The van der Waals surface area contributed by atoms with Crippen LogP contribution in [0.25, 0.3) is 0 Å². The zero-order valence-corrected chi connectivity index (χ0v) is 9.77. The van der Waals surface area contributed by atoms with Gasteiger partial charge in [0.05, 0.1) is 16.9 Å². The lowest BCUT2D eigenvalue weighted by atomic mass is 10.4. The molecule has 0 spiro atoms. The average molecular weight is 295 g/mol. The van der Waals surface area contributed by atoms with Crippen LogP contribution in [0.3, 0.4) is 0 Å². The Labute approximate surface area is 89.7 Å². The number of hydroxylamine groups is 2. The molecule has 0 aliphatic rings. The zero-order chi connectivity index (χ0) is 10.0. The van der Waals surface area contributed by atoms with E-state index in [0.717, 1.165) is 3.57 Å². The Balaban J connectivity index is 3.01. The number of carbonyl (C=O) groups is 1. The summed E-state index contributed by atoms with van der Waals surface area (Å²) in [4.78, 5) is 16.4. The molecule has 0 radical (unpaired) electrons. The number of nitrogens with zero attached hydrogens (tertiary/aromatic N) is 3. The monoisotopic (exact) mass is 295 g/mol. The summed E-state index contributed by atoms with van der Waals surface area (Å²) in [5, 5.41) is 5.13. The fourth-order valence-electron chi connectivity index (χ4n) is 0.883. The van der Waals surface area contributed by atoms with Gasteiger partial charge in [0, 0.05) is 14.1 Å². The SMILES string of the molecule is CON(C)C(=O)c1c(I)cnn1C. The van der Waals surface area contributed by atoms with Crippen molar-refractivity contribution in [3.05, 3.63) is 15.5 Å². The normalized spacial score (nSPS) is 10.2. The van der Waals surface area contributed by atoms with Crippen molar-refractivity contribution in [1.29, 1.82) is 0 Å². The number of hydrogen-bond acceptors (Lipinski definition) is 3. The summed E-state index contributed by atoms with van der Waals surface area (Å²) in [6.45, 7) is 0. The van der Waals surface area contributed by atoms with Gasteiger partial charge in [-0.3, -0.25) is 14.3 Å². The smallest absolute Gasteiger partial charge is 0.274 e. The number of hydrogen-bond donors (Lipinski definition) is 0. The zero-order valence-electron chi connectivity index (χ0n) is 7.61. The molecule has 0 atom stereocenters. The van der Waals surface area contributed by atoms with Crippen LogP contribution in [0.1, 0.15) is 10.5 Å². The van der Waals surface area contributed by atoms with Gasteiger partial charge in [-0.1, -0.05) is 0 Å². The number of rotatable bonds is 2. The van der Waals surface area contributed by atoms with Crippen LogP contribution in [0.4, 0.5) is 0 Å². The Morgan fingerprint density at radius 3 is 2.77 bits per heavy atom. The summed E-state index contributed by atoms with van der Waals surface area (Å²) < 4.78 is 2.34. The summed E-state index contributed by atoms with van der Waals surface area (Å²) in [5.41, 5.74) is 0.532. The van der Waals surface area contributed by atoms with Crippen LogP contribution in [-0.4, -0.2) is 34.9 Å². The Hall–Kier alpha value is -0.630. The van der Waals surface area contributed by atoms with E-state index in [1.54, 1.807) is 20.3 Å². The fourth-order valence-corrected chi connectivity index (χ4v) is 1.59. The molecule has 0 aliphatic heterocycles. The molecule has 0 fully saturated rings. The number of amides is 1. The second-order valence-corrected chi connectivity index (χ2v) is 3.61. The van der Waals surface area contributed by atoms with Gasteiger partial charge >= 0.3 is 0 Å². The van der Waals surface area contributed by atoms with Gasteiger partial charge in [0.2, 0.25) is 0 Å². The predicted molar refractivity (Wildman–Crippen MR) is 55.0 cm³/mol. The minimum atomic E-state index is -0.202. The van der Waals surface area contributed by atoms with Gasteiger partial charge in [0.1, 0.15) is 5.69 Å². The molecular weight excluding hydrogens is 285 g/mol. The first-order valence-corrected chi connectivity index (χ1v) is 4.65. The maximum atomic E-state index is 11.6. The summed E-state index contributed by atoms with van der Waals surface area (Å²) in [6, 6.07) is 0. The van der Waals surface area contributed by atoms with Gasteiger partial charge in [-0.15, -0.1) is 0 Å². The van der Waals surface area contributed by atoms with E-state index in [-0.39, 0.29) is 5.91 Å². The fraction of sp³-hybridized carbons (Fsp3) is 0.429. The Kier molecular flexibility index (Phi) is 3.26. The molecule has 1 amide bonds. The molecule has 0 saturated carbocycles. The molecule has 1 rings (SSSR count). The van der Waals surface area contributed by atoms with Crippen molar-refractivity contribution >= 4 is 28.5 Å². The lowest BCUT2D eigenvalue weighted by molar-refractivity contribution is -0.0763. The standard InChI is InChI=1S/C7H10IN3O2/c1-10-6(5(8)4-9-10)7(12)11(2)13-3/h4H,1-3H3. The predicted octanol–water partition coefficient (Wildman–Crippen LogP) is 0.658. The summed E-state index contributed by atoms with van der Waals surface area (Å²) in [6.07, 6.45) is 1.64. The van der Waals surface area contributed by atoms with Crippen LogP contribution >= 0.6 is 22.6 Å².